The summed E-state index contributed by atoms with van der Waals surface area (Å²) in [6.07, 6.45) is 1.20. The van der Waals surface area contributed by atoms with Crippen molar-refractivity contribution in [2.75, 3.05) is 13.1 Å². The minimum atomic E-state index is -1.09. The van der Waals surface area contributed by atoms with Gasteiger partial charge in [-0.15, -0.1) is 0 Å². The molecule has 1 rings (SSSR count). The average molecular weight is 279 g/mol. The number of aliphatic carboxylic acids is 1. The van der Waals surface area contributed by atoms with Crippen molar-refractivity contribution >= 4 is 17.8 Å². The molecule has 0 saturated carbocycles. The molecule has 0 spiro atoms. The number of amides is 2. The lowest BCUT2D eigenvalue weighted by molar-refractivity contribution is -0.137. The van der Waals surface area contributed by atoms with Gasteiger partial charge in [0.2, 0.25) is 5.91 Å². The Hall–Kier alpha value is -2.44. The standard InChI is InChI=1S/C13H17N3O4/c1-8(2)6-16(7-11(17)18)13(20)10-4-3-9(5-15-10)12(14)19/h3-5,8H,6-7H2,1-2H3,(H2,14,19)(H,17,18). The Bertz CT molecular complexity index is 511. The third-order valence-electron chi connectivity index (χ3n) is 2.47. The molecule has 0 aliphatic rings. The Morgan fingerprint density at radius 3 is 2.40 bits per heavy atom. The normalized spacial score (nSPS) is 10.3. The van der Waals surface area contributed by atoms with Crippen molar-refractivity contribution in [2.24, 2.45) is 11.7 Å². The molecule has 7 nitrogen and oxygen atoms in total. The summed E-state index contributed by atoms with van der Waals surface area (Å²) in [6, 6.07) is 2.74. The summed E-state index contributed by atoms with van der Waals surface area (Å²) in [6.45, 7) is 3.68. The number of carboxylic acids is 1. The summed E-state index contributed by atoms with van der Waals surface area (Å²) in [7, 11) is 0. The number of aromatic nitrogens is 1. The minimum Gasteiger partial charge on any atom is -0.480 e. The molecule has 0 atom stereocenters. The van der Waals surface area contributed by atoms with E-state index in [1.54, 1.807) is 0 Å². The Morgan fingerprint density at radius 2 is 2.00 bits per heavy atom. The summed E-state index contributed by atoms with van der Waals surface area (Å²) >= 11 is 0. The number of carbonyl (C=O) groups excluding carboxylic acids is 2. The van der Waals surface area contributed by atoms with E-state index in [9.17, 15) is 14.4 Å². The SMILES string of the molecule is CC(C)CN(CC(=O)O)C(=O)c1ccc(C(N)=O)cn1. The van der Waals surface area contributed by atoms with Crippen LogP contribution in [0.25, 0.3) is 0 Å². The molecule has 20 heavy (non-hydrogen) atoms. The van der Waals surface area contributed by atoms with E-state index in [4.69, 9.17) is 10.8 Å². The topological polar surface area (TPSA) is 114 Å². The smallest absolute Gasteiger partial charge is 0.323 e. The van der Waals surface area contributed by atoms with Crippen molar-refractivity contribution < 1.29 is 19.5 Å². The monoisotopic (exact) mass is 279 g/mol. The van der Waals surface area contributed by atoms with Crippen molar-refractivity contribution in [1.82, 2.24) is 9.88 Å². The van der Waals surface area contributed by atoms with Crippen LogP contribution in [0.5, 0.6) is 0 Å². The highest BCUT2D eigenvalue weighted by molar-refractivity contribution is 5.96. The minimum absolute atomic E-state index is 0.0805. The first kappa shape index (κ1) is 15.6. The van der Waals surface area contributed by atoms with Crippen molar-refractivity contribution in [3.8, 4) is 0 Å². The molecular weight excluding hydrogens is 262 g/mol. The maximum absolute atomic E-state index is 12.2. The largest absolute Gasteiger partial charge is 0.480 e. The van der Waals surface area contributed by atoms with Gasteiger partial charge in [0.25, 0.3) is 5.91 Å². The Labute approximate surface area is 116 Å². The molecule has 1 heterocycles. The van der Waals surface area contributed by atoms with Gasteiger partial charge in [0.1, 0.15) is 12.2 Å². The molecule has 3 N–H and O–H groups in total. The lowest BCUT2D eigenvalue weighted by Crippen LogP contribution is -2.38. The average Bonchev–Trinajstić information content (AvgIpc) is 2.36. The highest BCUT2D eigenvalue weighted by Crippen LogP contribution is 2.07. The van der Waals surface area contributed by atoms with Gasteiger partial charge in [-0.1, -0.05) is 13.8 Å². The highest BCUT2D eigenvalue weighted by Gasteiger charge is 2.20. The maximum atomic E-state index is 12.2. The fourth-order valence-corrected chi connectivity index (χ4v) is 1.65. The van der Waals surface area contributed by atoms with Crippen molar-refractivity contribution in [2.45, 2.75) is 13.8 Å². The zero-order chi connectivity index (χ0) is 15.3. The van der Waals surface area contributed by atoms with Gasteiger partial charge in [-0.2, -0.15) is 0 Å². The van der Waals surface area contributed by atoms with Gasteiger partial charge in [0, 0.05) is 12.7 Å². The van der Waals surface area contributed by atoms with E-state index in [1.807, 2.05) is 13.8 Å². The maximum Gasteiger partial charge on any atom is 0.323 e. The third kappa shape index (κ3) is 4.34. The molecule has 0 aliphatic carbocycles. The molecule has 0 radical (unpaired) electrons. The van der Waals surface area contributed by atoms with E-state index >= 15 is 0 Å². The van der Waals surface area contributed by atoms with Crippen LogP contribution in [0.3, 0.4) is 0 Å². The van der Waals surface area contributed by atoms with Gasteiger partial charge < -0.3 is 15.7 Å². The number of primary amides is 1. The second-order valence-electron chi connectivity index (χ2n) is 4.77. The molecule has 0 unspecified atom stereocenters. The molecule has 2 amide bonds. The molecule has 1 aromatic heterocycles. The molecule has 0 aromatic carbocycles. The zero-order valence-electron chi connectivity index (χ0n) is 11.4. The Balaban J connectivity index is 2.93. The molecule has 7 heteroatoms. The van der Waals surface area contributed by atoms with E-state index in [2.05, 4.69) is 4.98 Å². The molecular formula is C13H17N3O4. The van der Waals surface area contributed by atoms with Gasteiger partial charge >= 0.3 is 5.97 Å². The quantitative estimate of drug-likeness (QED) is 0.780. The van der Waals surface area contributed by atoms with E-state index in [0.717, 1.165) is 0 Å². The first-order valence-electron chi connectivity index (χ1n) is 6.08. The van der Waals surface area contributed by atoms with Crippen LogP contribution in [-0.2, 0) is 4.79 Å². The number of carboxylic acid groups (broad SMARTS) is 1. The third-order valence-corrected chi connectivity index (χ3v) is 2.47. The van der Waals surface area contributed by atoms with Crippen LogP contribution in [0.2, 0.25) is 0 Å². The van der Waals surface area contributed by atoms with Gasteiger partial charge in [-0.25, -0.2) is 0 Å². The number of carbonyl (C=O) groups is 3. The van der Waals surface area contributed by atoms with Gasteiger partial charge in [-0.3, -0.25) is 19.4 Å². The molecule has 0 saturated heterocycles. The molecule has 0 bridgehead atoms. The summed E-state index contributed by atoms with van der Waals surface area (Å²) < 4.78 is 0. The van der Waals surface area contributed by atoms with Crippen LogP contribution < -0.4 is 5.73 Å². The van der Waals surface area contributed by atoms with Gasteiger partial charge in [-0.05, 0) is 18.1 Å². The molecule has 108 valence electrons. The van der Waals surface area contributed by atoms with Crippen LogP contribution in [0.1, 0.15) is 34.7 Å². The zero-order valence-corrected chi connectivity index (χ0v) is 11.4. The fourth-order valence-electron chi connectivity index (χ4n) is 1.65. The lowest BCUT2D eigenvalue weighted by atomic mass is 10.2. The lowest BCUT2D eigenvalue weighted by Gasteiger charge is -2.22. The first-order chi connectivity index (χ1) is 9.31. The number of nitrogens with zero attached hydrogens (tertiary/aromatic N) is 2. The second kappa shape index (κ2) is 6.65. The van der Waals surface area contributed by atoms with Gasteiger partial charge in [0.15, 0.2) is 0 Å². The number of hydrogen-bond donors (Lipinski definition) is 2. The highest BCUT2D eigenvalue weighted by atomic mass is 16.4. The fraction of sp³-hybridized carbons (Fsp3) is 0.385. The van der Waals surface area contributed by atoms with Crippen LogP contribution in [0, 0.1) is 5.92 Å². The van der Waals surface area contributed by atoms with Crippen LogP contribution >= 0.6 is 0 Å². The Kier molecular flexibility index (Phi) is 5.19. The Morgan fingerprint density at radius 1 is 1.35 bits per heavy atom. The van der Waals surface area contributed by atoms with E-state index in [-0.39, 0.29) is 17.2 Å². The van der Waals surface area contributed by atoms with Crippen LogP contribution in [0.15, 0.2) is 18.3 Å². The molecule has 0 fully saturated rings. The van der Waals surface area contributed by atoms with E-state index < -0.39 is 24.3 Å². The summed E-state index contributed by atoms with van der Waals surface area (Å²) in [5.41, 5.74) is 5.35. The molecule has 0 aliphatic heterocycles. The number of rotatable bonds is 6. The van der Waals surface area contributed by atoms with Crippen molar-refractivity contribution in [3.05, 3.63) is 29.6 Å². The van der Waals surface area contributed by atoms with Crippen LogP contribution in [-0.4, -0.2) is 45.9 Å². The predicted molar refractivity (Wildman–Crippen MR) is 71.1 cm³/mol. The van der Waals surface area contributed by atoms with Crippen LogP contribution in [0.4, 0.5) is 0 Å². The summed E-state index contributed by atoms with van der Waals surface area (Å²) in [5.74, 6) is -2.09. The van der Waals surface area contributed by atoms with E-state index in [0.29, 0.717) is 6.54 Å². The number of hydrogen-bond acceptors (Lipinski definition) is 4. The first-order valence-corrected chi connectivity index (χ1v) is 6.08. The number of pyridine rings is 1. The second-order valence-corrected chi connectivity index (χ2v) is 4.77. The van der Waals surface area contributed by atoms with Gasteiger partial charge in [0.05, 0.1) is 5.56 Å². The van der Waals surface area contributed by atoms with E-state index in [1.165, 1.54) is 23.2 Å². The summed E-state index contributed by atoms with van der Waals surface area (Å²) in [5, 5.41) is 8.83. The molecule has 1 aromatic rings. The number of nitrogens with two attached hydrogens (primary N) is 1. The van der Waals surface area contributed by atoms with Crippen molar-refractivity contribution in [1.29, 1.82) is 0 Å². The van der Waals surface area contributed by atoms with Crippen molar-refractivity contribution in [3.63, 3.8) is 0 Å². The summed E-state index contributed by atoms with van der Waals surface area (Å²) in [4.78, 5) is 38.9. The predicted octanol–water partition coefficient (Wildman–Crippen LogP) is 0.363.